The van der Waals surface area contributed by atoms with Crippen molar-refractivity contribution in [2.75, 3.05) is 40.5 Å². The molecule has 0 bridgehead atoms. The second-order valence-corrected chi connectivity index (χ2v) is 7.45. The Labute approximate surface area is 172 Å². The zero-order chi connectivity index (χ0) is 20.6. The summed E-state index contributed by atoms with van der Waals surface area (Å²) in [6.07, 6.45) is 0.407. The molecule has 1 fully saturated rings. The highest BCUT2D eigenvalue weighted by Gasteiger charge is 2.21. The van der Waals surface area contributed by atoms with E-state index in [9.17, 15) is 10.2 Å². The van der Waals surface area contributed by atoms with Crippen LogP contribution in [0.3, 0.4) is 0 Å². The van der Waals surface area contributed by atoms with Crippen LogP contribution in [0.25, 0.3) is 0 Å². The first-order valence-electron chi connectivity index (χ1n) is 10.1. The number of ether oxygens (including phenoxy) is 3. The van der Waals surface area contributed by atoms with E-state index in [1.807, 2.05) is 48.5 Å². The van der Waals surface area contributed by atoms with Crippen molar-refractivity contribution in [3.05, 3.63) is 59.7 Å². The lowest BCUT2D eigenvalue weighted by atomic mass is 10.0. The van der Waals surface area contributed by atoms with E-state index in [1.165, 1.54) is 0 Å². The third-order valence-corrected chi connectivity index (χ3v) is 5.32. The topological polar surface area (TPSA) is 71.4 Å². The van der Waals surface area contributed by atoms with Crippen LogP contribution in [0, 0.1) is 0 Å². The van der Waals surface area contributed by atoms with Gasteiger partial charge >= 0.3 is 0 Å². The highest BCUT2D eigenvalue weighted by atomic mass is 16.5. The Hall–Kier alpha value is -2.12. The fraction of sp³-hybridized carbons (Fsp3) is 0.478. The van der Waals surface area contributed by atoms with E-state index >= 15 is 0 Å². The summed E-state index contributed by atoms with van der Waals surface area (Å²) in [5.74, 6) is 1.57. The third-order valence-electron chi connectivity index (χ3n) is 5.32. The molecule has 1 atom stereocenters. The predicted molar refractivity (Wildman–Crippen MR) is 111 cm³/mol. The van der Waals surface area contributed by atoms with Gasteiger partial charge in [0, 0.05) is 19.6 Å². The van der Waals surface area contributed by atoms with E-state index in [0.717, 1.165) is 48.6 Å². The molecule has 0 unspecified atom stereocenters. The Kier molecular flexibility index (Phi) is 7.89. The van der Waals surface area contributed by atoms with Crippen molar-refractivity contribution in [2.24, 2.45) is 0 Å². The molecule has 1 saturated heterocycles. The fourth-order valence-corrected chi connectivity index (χ4v) is 3.60. The maximum Gasteiger partial charge on any atom is 0.118 e. The third kappa shape index (κ3) is 6.18. The van der Waals surface area contributed by atoms with Crippen LogP contribution in [0.2, 0.25) is 0 Å². The van der Waals surface area contributed by atoms with Gasteiger partial charge in [0.1, 0.15) is 17.6 Å². The molecule has 3 rings (SSSR count). The van der Waals surface area contributed by atoms with E-state index in [-0.39, 0.29) is 18.8 Å². The number of hydrogen-bond donors (Lipinski definition) is 2. The quantitative estimate of drug-likeness (QED) is 0.673. The summed E-state index contributed by atoms with van der Waals surface area (Å²) >= 11 is 0. The molecule has 0 spiro atoms. The number of hydrogen-bond acceptors (Lipinski definition) is 6. The van der Waals surface area contributed by atoms with Crippen molar-refractivity contribution >= 4 is 0 Å². The van der Waals surface area contributed by atoms with Crippen molar-refractivity contribution in [3.8, 4) is 11.5 Å². The van der Waals surface area contributed by atoms with E-state index in [2.05, 4.69) is 4.90 Å². The van der Waals surface area contributed by atoms with Gasteiger partial charge in [0.2, 0.25) is 0 Å². The summed E-state index contributed by atoms with van der Waals surface area (Å²) in [6.45, 7) is 2.38. The number of β-amino-alcohol motifs (C(OH)–C–C–N with tert-alkyl or cyclic N) is 1. The molecule has 29 heavy (non-hydrogen) atoms. The van der Waals surface area contributed by atoms with Crippen LogP contribution in [0.1, 0.15) is 30.1 Å². The van der Waals surface area contributed by atoms with E-state index < -0.39 is 6.10 Å². The molecule has 6 nitrogen and oxygen atoms in total. The van der Waals surface area contributed by atoms with Gasteiger partial charge in [-0.3, -0.25) is 0 Å². The number of piperidine rings is 1. The predicted octanol–water partition coefficient (Wildman–Crippen LogP) is 2.63. The maximum absolute atomic E-state index is 10.5. The van der Waals surface area contributed by atoms with Crippen LogP contribution in [-0.2, 0) is 4.74 Å². The second-order valence-electron chi connectivity index (χ2n) is 7.45. The number of nitrogens with zero attached hydrogens (tertiary/aromatic N) is 1. The molecule has 0 saturated carbocycles. The van der Waals surface area contributed by atoms with Crippen LogP contribution in [0.5, 0.6) is 11.5 Å². The lowest BCUT2D eigenvalue weighted by Gasteiger charge is -2.31. The molecule has 1 heterocycles. The molecule has 2 aromatic rings. The smallest absolute Gasteiger partial charge is 0.118 e. The Balaban J connectivity index is 1.67. The molecule has 1 aliphatic rings. The summed E-state index contributed by atoms with van der Waals surface area (Å²) < 4.78 is 16.7. The molecule has 0 aromatic heterocycles. The van der Waals surface area contributed by atoms with E-state index in [1.54, 1.807) is 14.2 Å². The van der Waals surface area contributed by atoms with Gasteiger partial charge in [-0.2, -0.15) is 0 Å². The summed E-state index contributed by atoms with van der Waals surface area (Å²) in [6, 6.07) is 15.5. The van der Waals surface area contributed by atoms with Gasteiger partial charge in [-0.05, 0) is 48.2 Å². The van der Waals surface area contributed by atoms with Crippen molar-refractivity contribution in [3.63, 3.8) is 0 Å². The van der Waals surface area contributed by atoms with E-state index in [4.69, 9.17) is 14.2 Å². The zero-order valence-corrected chi connectivity index (χ0v) is 17.2. The highest BCUT2D eigenvalue weighted by molar-refractivity contribution is 5.36. The lowest BCUT2D eigenvalue weighted by molar-refractivity contribution is -0.0169. The van der Waals surface area contributed by atoms with E-state index in [0.29, 0.717) is 6.54 Å². The van der Waals surface area contributed by atoms with Crippen LogP contribution < -0.4 is 9.47 Å². The first kappa shape index (κ1) is 21.6. The van der Waals surface area contributed by atoms with Gasteiger partial charge < -0.3 is 29.3 Å². The first-order chi connectivity index (χ1) is 14.1. The van der Waals surface area contributed by atoms with Crippen LogP contribution >= 0.6 is 0 Å². The van der Waals surface area contributed by atoms with Crippen molar-refractivity contribution in [2.45, 2.75) is 31.2 Å². The average Bonchev–Trinajstić information content (AvgIpc) is 2.76. The minimum Gasteiger partial charge on any atom is -0.497 e. The largest absolute Gasteiger partial charge is 0.497 e. The molecule has 2 aromatic carbocycles. The molecule has 158 valence electrons. The maximum atomic E-state index is 10.5. The van der Waals surface area contributed by atoms with Crippen LogP contribution in [0.4, 0.5) is 0 Å². The van der Waals surface area contributed by atoms with Crippen LogP contribution in [0.15, 0.2) is 48.5 Å². The highest BCUT2D eigenvalue weighted by Crippen LogP contribution is 2.29. The van der Waals surface area contributed by atoms with Crippen molar-refractivity contribution in [1.82, 2.24) is 4.90 Å². The molecular weight excluding hydrogens is 370 g/mol. The molecule has 2 N–H and O–H groups in total. The molecule has 6 heteroatoms. The summed E-state index contributed by atoms with van der Waals surface area (Å²) in [5, 5.41) is 20.1. The fourth-order valence-electron chi connectivity index (χ4n) is 3.60. The standard InChI is InChI=1S/C23H31NO5/c1-27-21-7-3-17(4-8-21)23(18-5-9-22(28-2)10-6-18)29-16-20(26)15-24-13-11-19(25)12-14-24/h3-10,19-20,23,25-26H,11-16H2,1-2H3/t20-/m1/s1. The summed E-state index contributed by atoms with van der Waals surface area (Å²) in [4.78, 5) is 2.18. The summed E-state index contributed by atoms with van der Waals surface area (Å²) in [5.41, 5.74) is 1.98. The number of likely N-dealkylation sites (tertiary alicyclic amines) is 1. The Morgan fingerprint density at radius 2 is 1.38 bits per heavy atom. The van der Waals surface area contributed by atoms with Gasteiger partial charge in [0.15, 0.2) is 0 Å². The van der Waals surface area contributed by atoms with Gasteiger partial charge in [0.25, 0.3) is 0 Å². The number of rotatable bonds is 9. The molecule has 0 radical (unpaired) electrons. The normalized spacial score (nSPS) is 16.7. The number of benzene rings is 2. The van der Waals surface area contributed by atoms with Crippen molar-refractivity contribution in [1.29, 1.82) is 0 Å². The van der Waals surface area contributed by atoms with Gasteiger partial charge in [-0.15, -0.1) is 0 Å². The molecular formula is C23H31NO5. The Morgan fingerprint density at radius 1 is 0.897 bits per heavy atom. The number of methoxy groups -OCH3 is 2. The second kappa shape index (κ2) is 10.6. The minimum atomic E-state index is -0.593. The number of aliphatic hydroxyl groups is 2. The van der Waals surface area contributed by atoms with Gasteiger partial charge in [-0.25, -0.2) is 0 Å². The number of aliphatic hydroxyl groups excluding tert-OH is 2. The summed E-state index contributed by atoms with van der Waals surface area (Å²) in [7, 11) is 3.28. The van der Waals surface area contributed by atoms with Crippen molar-refractivity contribution < 1.29 is 24.4 Å². The lowest BCUT2D eigenvalue weighted by Crippen LogP contribution is -2.41. The molecule has 1 aliphatic heterocycles. The Morgan fingerprint density at radius 3 is 1.83 bits per heavy atom. The Bertz CT molecular complexity index is 678. The zero-order valence-electron chi connectivity index (χ0n) is 17.2. The minimum absolute atomic E-state index is 0.214. The first-order valence-corrected chi connectivity index (χ1v) is 10.1. The van der Waals surface area contributed by atoms with Crippen LogP contribution in [-0.4, -0.2) is 67.8 Å². The molecule has 0 aliphatic carbocycles. The van der Waals surface area contributed by atoms with Gasteiger partial charge in [0.05, 0.1) is 33.0 Å². The average molecular weight is 402 g/mol. The monoisotopic (exact) mass is 401 g/mol. The van der Waals surface area contributed by atoms with Gasteiger partial charge in [-0.1, -0.05) is 24.3 Å². The SMILES string of the molecule is COc1ccc(C(OC[C@H](O)CN2CCC(O)CC2)c2ccc(OC)cc2)cc1. The molecule has 0 amide bonds.